The van der Waals surface area contributed by atoms with Gasteiger partial charge in [0.25, 0.3) is 0 Å². The summed E-state index contributed by atoms with van der Waals surface area (Å²) >= 11 is 0. The van der Waals surface area contributed by atoms with Crippen LogP contribution in [-0.4, -0.2) is 48.8 Å². The molecule has 0 amide bonds. The Labute approximate surface area is 143 Å². The van der Waals surface area contributed by atoms with Crippen LogP contribution in [0.15, 0.2) is 12.1 Å². The zero-order valence-electron chi connectivity index (χ0n) is 14.3. The lowest BCUT2D eigenvalue weighted by Gasteiger charge is -2.40. The van der Waals surface area contributed by atoms with Gasteiger partial charge in [0.15, 0.2) is 6.79 Å². The first-order valence-electron chi connectivity index (χ1n) is 9.28. The third-order valence-electron chi connectivity index (χ3n) is 5.61. The van der Waals surface area contributed by atoms with Crippen LogP contribution in [0.4, 0.5) is 4.39 Å². The molecule has 2 fully saturated rings. The second kappa shape index (κ2) is 7.38. The van der Waals surface area contributed by atoms with Gasteiger partial charge < -0.3 is 14.4 Å². The van der Waals surface area contributed by atoms with Crippen molar-refractivity contribution in [3.8, 4) is 5.75 Å². The van der Waals surface area contributed by atoms with Crippen molar-refractivity contribution in [3.05, 3.63) is 29.1 Å². The number of fused-ring (bicyclic) bond motifs is 1. The Kier molecular flexibility index (Phi) is 5.01. The van der Waals surface area contributed by atoms with Gasteiger partial charge in [-0.1, -0.05) is 6.42 Å². The van der Waals surface area contributed by atoms with Gasteiger partial charge in [-0.3, -0.25) is 4.90 Å². The zero-order chi connectivity index (χ0) is 16.4. The van der Waals surface area contributed by atoms with Crippen LogP contribution in [0.2, 0.25) is 0 Å². The zero-order valence-corrected chi connectivity index (χ0v) is 14.3. The van der Waals surface area contributed by atoms with E-state index in [2.05, 4.69) is 9.80 Å². The fraction of sp³-hybridized carbons (Fsp3) is 0.684. The van der Waals surface area contributed by atoms with Crippen LogP contribution in [0.1, 0.15) is 43.2 Å². The Bertz CT molecular complexity index is 567. The van der Waals surface area contributed by atoms with Crippen LogP contribution in [-0.2, 0) is 17.9 Å². The Morgan fingerprint density at radius 2 is 1.83 bits per heavy atom. The smallest absolute Gasteiger partial charge is 0.189 e. The minimum atomic E-state index is -0.193. The van der Waals surface area contributed by atoms with Crippen LogP contribution < -0.4 is 4.74 Å². The summed E-state index contributed by atoms with van der Waals surface area (Å²) in [5.74, 6) is 0.641. The maximum atomic E-state index is 13.9. The second-order valence-electron chi connectivity index (χ2n) is 7.27. The molecule has 0 saturated carbocycles. The molecule has 0 unspecified atom stereocenters. The third-order valence-corrected chi connectivity index (χ3v) is 5.61. The van der Waals surface area contributed by atoms with Crippen molar-refractivity contribution >= 4 is 0 Å². The highest BCUT2D eigenvalue weighted by Crippen LogP contribution is 2.31. The predicted molar refractivity (Wildman–Crippen MR) is 90.4 cm³/mol. The average molecular weight is 334 g/mol. The molecule has 4 nitrogen and oxygen atoms in total. The van der Waals surface area contributed by atoms with Gasteiger partial charge in [0.1, 0.15) is 11.6 Å². The molecule has 24 heavy (non-hydrogen) atoms. The second-order valence-corrected chi connectivity index (χ2v) is 7.27. The van der Waals surface area contributed by atoms with E-state index in [1.54, 1.807) is 6.07 Å². The van der Waals surface area contributed by atoms with Crippen molar-refractivity contribution in [2.45, 2.75) is 51.3 Å². The van der Waals surface area contributed by atoms with Gasteiger partial charge in [0, 0.05) is 23.7 Å². The van der Waals surface area contributed by atoms with Gasteiger partial charge in [-0.05, 0) is 64.0 Å². The number of likely N-dealkylation sites (tertiary alicyclic amines) is 2. The Morgan fingerprint density at radius 1 is 1.04 bits per heavy atom. The summed E-state index contributed by atoms with van der Waals surface area (Å²) in [6.07, 6.45) is 6.55. The highest BCUT2D eigenvalue weighted by atomic mass is 19.1. The molecule has 1 aromatic rings. The van der Waals surface area contributed by atoms with Gasteiger partial charge in [-0.2, -0.15) is 0 Å². The topological polar surface area (TPSA) is 24.9 Å². The van der Waals surface area contributed by atoms with Crippen molar-refractivity contribution in [2.24, 2.45) is 0 Å². The quantitative estimate of drug-likeness (QED) is 0.848. The molecule has 0 bridgehead atoms. The number of nitrogens with zero attached hydrogens (tertiary/aromatic N) is 2. The molecule has 3 aliphatic heterocycles. The van der Waals surface area contributed by atoms with E-state index in [0.29, 0.717) is 6.61 Å². The van der Waals surface area contributed by atoms with Crippen molar-refractivity contribution < 1.29 is 13.9 Å². The van der Waals surface area contributed by atoms with E-state index in [0.717, 1.165) is 42.6 Å². The van der Waals surface area contributed by atoms with Crippen LogP contribution in [0.5, 0.6) is 5.75 Å². The lowest BCUT2D eigenvalue weighted by molar-refractivity contribution is -0.0179. The monoisotopic (exact) mass is 334 g/mol. The van der Waals surface area contributed by atoms with E-state index >= 15 is 0 Å². The van der Waals surface area contributed by atoms with Crippen molar-refractivity contribution in [1.29, 1.82) is 0 Å². The molecule has 2 saturated heterocycles. The third kappa shape index (κ3) is 3.58. The molecule has 1 aromatic carbocycles. The van der Waals surface area contributed by atoms with Gasteiger partial charge in [0.2, 0.25) is 0 Å². The predicted octanol–water partition coefficient (Wildman–Crippen LogP) is 3.14. The maximum absolute atomic E-state index is 13.9. The van der Waals surface area contributed by atoms with E-state index < -0.39 is 0 Å². The maximum Gasteiger partial charge on any atom is 0.189 e. The largest absolute Gasteiger partial charge is 0.467 e. The van der Waals surface area contributed by atoms with E-state index in [4.69, 9.17) is 9.47 Å². The van der Waals surface area contributed by atoms with E-state index in [1.165, 1.54) is 51.3 Å². The number of piperidine rings is 2. The Morgan fingerprint density at radius 3 is 2.62 bits per heavy atom. The highest BCUT2D eigenvalue weighted by molar-refractivity contribution is 5.42. The van der Waals surface area contributed by atoms with Gasteiger partial charge in [-0.25, -0.2) is 4.39 Å². The van der Waals surface area contributed by atoms with Gasteiger partial charge >= 0.3 is 0 Å². The summed E-state index contributed by atoms with van der Waals surface area (Å²) in [5.41, 5.74) is 1.80. The standard InChI is InChI=1S/C19H27FN2O2/c20-17-10-15(19-16(11-17)13-23-14-24-19)12-21-8-4-18(5-9-21)22-6-2-1-3-7-22/h10-11,18H,1-9,12-14H2. The molecule has 3 heterocycles. The molecule has 0 aromatic heterocycles. The van der Waals surface area contributed by atoms with Crippen LogP contribution in [0, 0.1) is 5.82 Å². The first kappa shape index (κ1) is 16.3. The van der Waals surface area contributed by atoms with Gasteiger partial charge in [0.05, 0.1) is 6.61 Å². The number of hydrogen-bond donors (Lipinski definition) is 0. The average Bonchev–Trinajstić information content (AvgIpc) is 2.63. The van der Waals surface area contributed by atoms with Crippen molar-refractivity contribution in [2.75, 3.05) is 33.0 Å². The molecule has 5 heteroatoms. The molecule has 3 aliphatic rings. The molecule has 0 N–H and O–H groups in total. The molecule has 4 rings (SSSR count). The SMILES string of the molecule is Fc1cc2c(c(CN3CCC(N4CCCCC4)CC3)c1)OCOC2. The van der Waals surface area contributed by atoms with Crippen LogP contribution in [0.3, 0.4) is 0 Å². The molecule has 132 valence electrons. The summed E-state index contributed by atoms with van der Waals surface area (Å²) < 4.78 is 24.8. The van der Waals surface area contributed by atoms with Gasteiger partial charge in [-0.15, -0.1) is 0 Å². The van der Waals surface area contributed by atoms with Crippen LogP contribution in [0.25, 0.3) is 0 Å². The first-order chi connectivity index (χ1) is 11.8. The Hall–Kier alpha value is -1.17. The molecule has 0 radical (unpaired) electrons. The number of benzene rings is 1. The summed E-state index contributed by atoms with van der Waals surface area (Å²) in [7, 11) is 0. The van der Waals surface area contributed by atoms with Crippen molar-refractivity contribution in [3.63, 3.8) is 0 Å². The number of rotatable bonds is 3. The fourth-order valence-corrected chi connectivity index (χ4v) is 4.34. The summed E-state index contributed by atoms with van der Waals surface area (Å²) in [6.45, 7) is 6.20. The molecule has 0 aliphatic carbocycles. The number of hydrogen-bond acceptors (Lipinski definition) is 4. The molecular weight excluding hydrogens is 307 g/mol. The normalized spacial score (nSPS) is 23.7. The minimum Gasteiger partial charge on any atom is -0.467 e. The summed E-state index contributed by atoms with van der Waals surface area (Å²) in [6, 6.07) is 3.90. The highest BCUT2D eigenvalue weighted by Gasteiger charge is 2.26. The lowest BCUT2D eigenvalue weighted by atomic mass is 9.99. The molecule has 0 atom stereocenters. The molecule has 0 spiro atoms. The Balaban J connectivity index is 1.38. The van der Waals surface area contributed by atoms with E-state index in [1.807, 2.05) is 0 Å². The fourth-order valence-electron chi connectivity index (χ4n) is 4.34. The summed E-state index contributed by atoms with van der Waals surface area (Å²) in [4.78, 5) is 5.12. The molecular formula is C19H27FN2O2. The first-order valence-corrected chi connectivity index (χ1v) is 9.28. The van der Waals surface area contributed by atoms with E-state index in [-0.39, 0.29) is 12.6 Å². The van der Waals surface area contributed by atoms with E-state index in [9.17, 15) is 4.39 Å². The lowest BCUT2D eigenvalue weighted by Crippen LogP contribution is -2.46. The van der Waals surface area contributed by atoms with Crippen LogP contribution >= 0.6 is 0 Å². The van der Waals surface area contributed by atoms with Crippen molar-refractivity contribution in [1.82, 2.24) is 9.80 Å². The minimum absolute atomic E-state index is 0.193. The number of ether oxygens (including phenoxy) is 2. The number of halogens is 1. The summed E-state index contributed by atoms with van der Waals surface area (Å²) in [5, 5.41) is 0.